The van der Waals surface area contributed by atoms with Crippen LogP contribution in [0.4, 0.5) is 0 Å². The number of hydrogen-bond donors (Lipinski definition) is 0. The molecule has 0 aliphatic carbocycles. The van der Waals surface area contributed by atoms with Crippen molar-refractivity contribution in [3.8, 4) is 11.3 Å². The molecule has 0 unspecified atom stereocenters. The van der Waals surface area contributed by atoms with Gasteiger partial charge in [0, 0.05) is 43.6 Å². The molecule has 0 aromatic carbocycles. The average molecular weight is 340 g/mol. The van der Waals surface area contributed by atoms with E-state index in [4.69, 9.17) is 9.05 Å². The molecule has 0 N–H and O–H groups in total. The van der Waals surface area contributed by atoms with Crippen LogP contribution in [0.3, 0.4) is 0 Å². The smallest absolute Gasteiger partial charge is 0.276 e. The lowest BCUT2D eigenvalue weighted by molar-refractivity contribution is 0.0762. The van der Waals surface area contributed by atoms with Crippen LogP contribution in [0.15, 0.2) is 45.7 Å². The molecule has 130 valence electrons. The summed E-state index contributed by atoms with van der Waals surface area (Å²) in [4.78, 5) is 18.0. The molecule has 0 saturated carbocycles. The monoisotopic (exact) mass is 340 g/mol. The first kappa shape index (κ1) is 16.9. The lowest BCUT2D eigenvalue weighted by atomic mass is 10.1. The van der Waals surface area contributed by atoms with E-state index < -0.39 is 0 Å². The molecule has 3 aromatic heterocycles. The number of hydrogen-bond acceptors (Lipinski definition) is 6. The van der Waals surface area contributed by atoms with Crippen molar-refractivity contribution < 1.29 is 13.8 Å². The van der Waals surface area contributed by atoms with Crippen LogP contribution in [0.2, 0.25) is 0 Å². The summed E-state index contributed by atoms with van der Waals surface area (Å²) >= 11 is 0. The zero-order valence-electron chi connectivity index (χ0n) is 14.5. The van der Waals surface area contributed by atoms with Crippen molar-refractivity contribution in [2.45, 2.75) is 26.8 Å². The number of amides is 1. The third-order valence-corrected chi connectivity index (χ3v) is 3.66. The number of carbonyl (C=O) groups is 1. The third-order valence-electron chi connectivity index (χ3n) is 3.66. The lowest BCUT2D eigenvalue weighted by Gasteiger charge is -2.12. The molecule has 25 heavy (non-hydrogen) atoms. The van der Waals surface area contributed by atoms with Crippen molar-refractivity contribution in [1.29, 1.82) is 0 Å². The number of aromatic nitrogens is 3. The van der Waals surface area contributed by atoms with Gasteiger partial charge in [0.1, 0.15) is 11.5 Å². The molecule has 0 atom stereocenters. The van der Waals surface area contributed by atoms with Crippen LogP contribution in [-0.2, 0) is 13.0 Å². The number of rotatable bonds is 6. The first-order valence-electron chi connectivity index (χ1n) is 8.10. The van der Waals surface area contributed by atoms with Crippen molar-refractivity contribution in [3.05, 3.63) is 53.9 Å². The van der Waals surface area contributed by atoms with Gasteiger partial charge in [0.25, 0.3) is 5.91 Å². The first-order valence-corrected chi connectivity index (χ1v) is 8.10. The molecular weight excluding hydrogens is 320 g/mol. The normalized spacial score (nSPS) is 11.0. The van der Waals surface area contributed by atoms with Gasteiger partial charge in [-0.2, -0.15) is 0 Å². The second kappa shape index (κ2) is 7.29. The zero-order valence-corrected chi connectivity index (χ0v) is 14.5. The van der Waals surface area contributed by atoms with Gasteiger partial charge < -0.3 is 13.9 Å². The molecular formula is C18H20N4O3. The minimum Gasteiger partial charge on any atom is -0.361 e. The molecule has 0 fully saturated rings. The Balaban J connectivity index is 1.66. The largest absolute Gasteiger partial charge is 0.361 e. The summed E-state index contributed by atoms with van der Waals surface area (Å²) in [5.41, 5.74) is 1.92. The summed E-state index contributed by atoms with van der Waals surface area (Å²) in [5.74, 6) is 1.52. The van der Waals surface area contributed by atoms with Gasteiger partial charge in [-0.15, -0.1) is 0 Å². The minimum atomic E-state index is -0.222. The fourth-order valence-electron chi connectivity index (χ4n) is 2.46. The molecule has 3 rings (SSSR count). The minimum absolute atomic E-state index is 0.222. The van der Waals surface area contributed by atoms with Gasteiger partial charge in [0.15, 0.2) is 11.5 Å². The maximum atomic E-state index is 12.5. The molecule has 0 aliphatic heterocycles. The highest BCUT2D eigenvalue weighted by atomic mass is 16.5. The van der Waals surface area contributed by atoms with E-state index in [9.17, 15) is 4.79 Å². The highest BCUT2D eigenvalue weighted by Crippen LogP contribution is 2.19. The molecule has 7 heteroatoms. The van der Waals surface area contributed by atoms with E-state index in [-0.39, 0.29) is 5.91 Å². The standard InChI is InChI=1S/C18H20N4O3/c1-12(2)8-14-9-17(21-24-14)18(23)22(3)11-15-10-16(20-25-15)13-4-6-19-7-5-13/h4-7,9-10,12H,8,11H2,1-3H3. The first-order chi connectivity index (χ1) is 12.0. The van der Waals surface area contributed by atoms with Crippen molar-refractivity contribution in [3.63, 3.8) is 0 Å². The second-order valence-corrected chi connectivity index (χ2v) is 6.35. The topological polar surface area (TPSA) is 85.3 Å². The Labute approximate surface area is 145 Å². The molecule has 0 radical (unpaired) electrons. The predicted molar refractivity (Wildman–Crippen MR) is 90.6 cm³/mol. The van der Waals surface area contributed by atoms with E-state index in [1.54, 1.807) is 25.5 Å². The molecule has 0 aliphatic rings. The van der Waals surface area contributed by atoms with Gasteiger partial charge in [0.05, 0.1) is 6.54 Å². The second-order valence-electron chi connectivity index (χ2n) is 6.35. The van der Waals surface area contributed by atoms with Gasteiger partial charge in [0.2, 0.25) is 0 Å². The van der Waals surface area contributed by atoms with E-state index >= 15 is 0 Å². The summed E-state index contributed by atoms with van der Waals surface area (Å²) in [5, 5.41) is 7.90. The van der Waals surface area contributed by atoms with E-state index in [2.05, 4.69) is 29.1 Å². The summed E-state index contributed by atoms with van der Waals surface area (Å²) in [6.07, 6.45) is 4.14. The van der Waals surface area contributed by atoms with Crippen LogP contribution in [0.5, 0.6) is 0 Å². The molecule has 3 heterocycles. The molecule has 0 saturated heterocycles. The van der Waals surface area contributed by atoms with E-state index in [0.717, 1.165) is 12.0 Å². The number of pyridine rings is 1. The summed E-state index contributed by atoms with van der Waals surface area (Å²) < 4.78 is 10.5. The Bertz CT molecular complexity index is 839. The molecule has 0 bridgehead atoms. The van der Waals surface area contributed by atoms with E-state index in [1.165, 1.54) is 4.90 Å². The lowest BCUT2D eigenvalue weighted by Crippen LogP contribution is -2.26. The molecule has 7 nitrogen and oxygen atoms in total. The predicted octanol–water partition coefficient (Wildman–Crippen LogP) is 3.20. The van der Waals surface area contributed by atoms with E-state index in [0.29, 0.717) is 35.4 Å². The van der Waals surface area contributed by atoms with Gasteiger partial charge in [-0.25, -0.2) is 0 Å². The van der Waals surface area contributed by atoms with Crippen molar-refractivity contribution in [2.75, 3.05) is 7.05 Å². The highest BCUT2D eigenvalue weighted by Gasteiger charge is 2.19. The van der Waals surface area contributed by atoms with Crippen LogP contribution < -0.4 is 0 Å². The quantitative estimate of drug-likeness (QED) is 0.685. The average Bonchev–Trinajstić information content (AvgIpc) is 3.24. The van der Waals surface area contributed by atoms with Gasteiger partial charge in [-0.3, -0.25) is 9.78 Å². The Morgan fingerprint density at radius 3 is 2.56 bits per heavy atom. The van der Waals surface area contributed by atoms with Crippen LogP contribution in [0, 0.1) is 5.92 Å². The molecule has 0 spiro atoms. The van der Waals surface area contributed by atoms with E-state index in [1.807, 2.05) is 18.2 Å². The zero-order chi connectivity index (χ0) is 17.8. The Hall–Kier alpha value is -2.96. The SMILES string of the molecule is CC(C)Cc1cc(C(=O)N(C)Cc2cc(-c3ccncc3)no2)no1. The fraction of sp³-hybridized carbons (Fsp3) is 0.333. The summed E-state index contributed by atoms with van der Waals surface area (Å²) in [6, 6.07) is 7.21. The molecule has 3 aromatic rings. The van der Waals surface area contributed by atoms with Gasteiger partial charge >= 0.3 is 0 Å². The van der Waals surface area contributed by atoms with Crippen LogP contribution in [0.25, 0.3) is 11.3 Å². The maximum Gasteiger partial charge on any atom is 0.276 e. The fourth-order valence-corrected chi connectivity index (χ4v) is 2.46. The van der Waals surface area contributed by atoms with Gasteiger partial charge in [-0.05, 0) is 18.1 Å². The van der Waals surface area contributed by atoms with Crippen molar-refractivity contribution >= 4 is 5.91 Å². The van der Waals surface area contributed by atoms with Gasteiger partial charge in [-0.1, -0.05) is 24.2 Å². The highest BCUT2D eigenvalue weighted by molar-refractivity contribution is 5.92. The van der Waals surface area contributed by atoms with Crippen LogP contribution in [-0.4, -0.2) is 33.2 Å². The summed E-state index contributed by atoms with van der Waals surface area (Å²) in [7, 11) is 1.69. The maximum absolute atomic E-state index is 12.5. The number of carbonyl (C=O) groups excluding carboxylic acids is 1. The third kappa shape index (κ3) is 4.12. The van der Waals surface area contributed by atoms with Crippen LogP contribution >= 0.6 is 0 Å². The number of nitrogens with zero attached hydrogens (tertiary/aromatic N) is 4. The Morgan fingerprint density at radius 1 is 1.12 bits per heavy atom. The van der Waals surface area contributed by atoms with Crippen molar-refractivity contribution in [1.82, 2.24) is 20.2 Å². The van der Waals surface area contributed by atoms with Crippen LogP contribution in [0.1, 0.15) is 35.9 Å². The Kier molecular flexibility index (Phi) is 4.92. The Morgan fingerprint density at radius 2 is 1.84 bits per heavy atom. The molecule has 1 amide bonds. The van der Waals surface area contributed by atoms with Crippen molar-refractivity contribution in [2.24, 2.45) is 5.92 Å². The summed E-state index contributed by atoms with van der Waals surface area (Å²) in [6.45, 7) is 4.46.